The van der Waals surface area contributed by atoms with Crippen LogP contribution < -0.4 is 10.6 Å². The zero-order valence-electron chi connectivity index (χ0n) is 14.0. The molecule has 0 amide bonds. The molecule has 0 spiro atoms. The second-order valence-electron chi connectivity index (χ2n) is 5.74. The monoisotopic (exact) mass is 357 g/mol. The van der Waals surface area contributed by atoms with Crippen LogP contribution in [0.3, 0.4) is 0 Å². The van der Waals surface area contributed by atoms with E-state index in [9.17, 15) is 8.42 Å². The molecule has 0 atom stereocenters. The summed E-state index contributed by atoms with van der Waals surface area (Å²) in [5, 5.41) is 0. The molecule has 0 bridgehead atoms. The number of hydrogen-bond acceptors (Lipinski definition) is 6. The Kier molecular flexibility index (Phi) is 4.56. The Hall–Kier alpha value is -2.71. The molecular weight excluding hydrogens is 338 g/mol. The van der Waals surface area contributed by atoms with Crippen LogP contribution in [0.25, 0.3) is 5.70 Å². The van der Waals surface area contributed by atoms with E-state index in [1.165, 1.54) is 18.4 Å². The highest BCUT2D eigenvalue weighted by Gasteiger charge is 2.21. The van der Waals surface area contributed by atoms with Gasteiger partial charge in [-0.25, -0.2) is 17.7 Å². The lowest BCUT2D eigenvalue weighted by Gasteiger charge is -2.29. The van der Waals surface area contributed by atoms with Gasteiger partial charge in [0.05, 0.1) is 35.2 Å². The lowest BCUT2D eigenvalue weighted by Crippen LogP contribution is -2.35. The number of amidine groups is 1. The van der Waals surface area contributed by atoms with Crippen molar-refractivity contribution in [2.45, 2.75) is 4.90 Å². The highest BCUT2D eigenvalue weighted by atomic mass is 32.2. The summed E-state index contributed by atoms with van der Waals surface area (Å²) in [5.41, 5.74) is 8.44. The fourth-order valence-electron chi connectivity index (χ4n) is 2.48. The molecule has 0 unspecified atom stereocenters. The molecule has 25 heavy (non-hydrogen) atoms. The third kappa shape index (κ3) is 3.40. The zero-order valence-corrected chi connectivity index (χ0v) is 14.8. The minimum Gasteiger partial charge on any atom is -0.386 e. The van der Waals surface area contributed by atoms with E-state index in [1.807, 2.05) is 17.0 Å². The predicted octanol–water partition coefficient (Wildman–Crippen LogP) is 1.51. The first-order valence-corrected chi connectivity index (χ1v) is 9.06. The molecule has 0 saturated heterocycles. The van der Waals surface area contributed by atoms with Crippen LogP contribution in [0.4, 0.5) is 5.69 Å². The molecule has 3 rings (SSSR count). The number of sulfonamides is 1. The molecule has 0 radical (unpaired) electrons. The zero-order chi connectivity index (χ0) is 18.0. The summed E-state index contributed by atoms with van der Waals surface area (Å²) in [5.74, 6) is 0.499. The van der Waals surface area contributed by atoms with Gasteiger partial charge in [-0.1, -0.05) is 12.1 Å². The van der Waals surface area contributed by atoms with Gasteiger partial charge in [-0.05, 0) is 29.8 Å². The number of nitrogens with zero attached hydrogens (tertiary/aromatic N) is 4. The van der Waals surface area contributed by atoms with Crippen LogP contribution in [0.2, 0.25) is 0 Å². The van der Waals surface area contributed by atoms with Crippen molar-refractivity contribution in [2.75, 3.05) is 25.5 Å². The minimum absolute atomic E-state index is 0.244. The Morgan fingerprint density at radius 3 is 2.48 bits per heavy atom. The normalized spacial score (nSPS) is 15.1. The second-order valence-corrected chi connectivity index (χ2v) is 7.90. The van der Waals surface area contributed by atoms with Gasteiger partial charge in [0, 0.05) is 20.3 Å². The predicted molar refractivity (Wildman–Crippen MR) is 98.5 cm³/mol. The van der Waals surface area contributed by atoms with Gasteiger partial charge in [-0.15, -0.1) is 0 Å². The van der Waals surface area contributed by atoms with Crippen LogP contribution in [0.5, 0.6) is 0 Å². The van der Waals surface area contributed by atoms with Gasteiger partial charge in [0.25, 0.3) is 0 Å². The summed E-state index contributed by atoms with van der Waals surface area (Å²) in [7, 11) is -0.439. The van der Waals surface area contributed by atoms with Crippen LogP contribution in [0.1, 0.15) is 5.56 Å². The van der Waals surface area contributed by atoms with Crippen molar-refractivity contribution < 1.29 is 8.42 Å². The van der Waals surface area contributed by atoms with Crippen molar-refractivity contribution in [3.63, 3.8) is 0 Å². The first-order valence-electron chi connectivity index (χ1n) is 7.62. The number of nitrogens with two attached hydrogens (primary N) is 1. The molecule has 1 aliphatic heterocycles. The largest absolute Gasteiger partial charge is 0.386 e. The molecule has 2 N–H and O–H groups in total. The van der Waals surface area contributed by atoms with Crippen LogP contribution in [0, 0.1) is 0 Å². The lowest BCUT2D eigenvalue weighted by molar-refractivity contribution is 0.521. The standard InChI is InChI=1S/C17H19N5O2S/c1-21(2)25(23,24)15-7-5-13(6-8-15)16-11-20-17(18)12-22(16)14-4-3-9-19-10-14/h3-11H,12H2,1-2H3,(H2,18,20). The average Bonchev–Trinajstić information content (AvgIpc) is 2.62. The van der Waals surface area contributed by atoms with Crippen molar-refractivity contribution >= 4 is 27.2 Å². The highest BCUT2D eigenvalue weighted by Crippen LogP contribution is 2.28. The fourth-order valence-corrected chi connectivity index (χ4v) is 3.39. The van der Waals surface area contributed by atoms with E-state index >= 15 is 0 Å². The molecule has 7 nitrogen and oxygen atoms in total. The van der Waals surface area contributed by atoms with Gasteiger partial charge in [0.1, 0.15) is 5.84 Å². The third-order valence-corrected chi connectivity index (χ3v) is 5.68. The number of rotatable bonds is 4. The first kappa shape index (κ1) is 17.1. The molecule has 1 aromatic heterocycles. The number of benzene rings is 1. The molecule has 0 saturated carbocycles. The van der Waals surface area contributed by atoms with E-state index in [2.05, 4.69) is 9.98 Å². The van der Waals surface area contributed by atoms with E-state index in [1.54, 1.807) is 42.9 Å². The van der Waals surface area contributed by atoms with Gasteiger partial charge in [-0.3, -0.25) is 4.98 Å². The van der Waals surface area contributed by atoms with Crippen molar-refractivity contribution in [3.05, 3.63) is 60.6 Å². The Balaban J connectivity index is 1.99. The fraction of sp³-hybridized carbons (Fsp3) is 0.176. The summed E-state index contributed by atoms with van der Waals surface area (Å²) < 4.78 is 25.6. The van der Waals surface area contributed by atoms with Gasteiger partial charge in [0.2, 0.25) is 10.0 Å². The highest BCUT2D eigenvalue weighted by molar-refractivity contribution is 7.89. The number of anilines is 1. The smallest absolute Gasteiger partial charge is 0.242 e. The van der Waals surface area contributed by atoms with Gasteiger partial charge >= 0.3 is 0 Å². The summed E-state index contributed by atoms with van der Waals surface area (Å²) in [6.07, 6.45) is 5.13. The van der Waals surface area contributed by atoms with E-state index in [-0.39, 0.29) is 4.90 Å². The summed E-state index contributed by atoms with van der Waals surface area (Å²) in [4.78, 5) is 10.6. The van der Waals surface area contributed by atoms with Crippen molar-refractivity contribution in [1.29, 1.82) is 0 Å². The van der Waals surface area contributed by atoms with Gasteiger partial charge < -0.3 is 10.6 Å². The summed E-state index contributed by atoms with van der Waals surface area (Å²) >= 11 is 0. The van der Waals surface area contributed by atoms with Crippen LogP contribution >= 0.6 is 0 Å². The van der Waals surface area contributed by atoms with Crippen LogP contribution in [-0.4, -0.2) is 44.2 Å². The molecule has 2 aromatic rings. The molecule has 8 heteroatoms. The minimum atomic E-state index is -3.46. The molecule has 1 aliphatic rings. The molecule has 2 heterocycles. The molecule has 1 aromatic carbocycles. The average molecular weight is 357 g/mol. The first-order chi connectivity index (χ1) is 11.9. The van der Waals surface area contributed by atoms with Gasteiger partial charge in [-0.2, -0.15) is 0 Å². The summed E-state index contributed by atoms with van der Waals surface area (Å²) in [6, 6.07) is 10.5. The number of aliphatic imine (C=N–C) groups is 1. The molecule has 0 aliphatic carbocycles. The maximum atomic E-state index is 12.2. The van der Waals surface area contributed by atoms with E-state index in [0.717, 1.165) is 16.9 Å². The maximum Gasteiger partial charge on any atom is 0.242 e. The Bertz CT molecular complexity index is 919. The van der Waals surface area contributed by atoms with Crippen molar-refractivity contribution in [1.82, 2.24) is 9.29 Å². The molecule has 0 fully saturated rings. The molecular formula is C17H19N5O2S. The van der Waals surface area contributed by atoms with Crippen LogP contribution in [-0.2, 0) is 10.0 Å². The maximum absolute atomic E-state index is 12.2. The Morgan fingerprint density at radius 1 is 1.16 bits per heavy atom. The lowest BCUT2D eigenvalue weighted by atomic mass is 10.1. The van der Waals surface area contributed by atoms with Crippen molar-refractivity contribution in [2.24, 2.45) is 10.7 Å². The Morgan fingerprint density at radius 2 is 1.88 bits per heavy atom. The van der Waals surface area contributed by atoms with E-state index in [0.29, 0.717) is 12.4 Å². The SMILES string of the molecule is CN(C)S(=O)(=O)c1ccc(C2=CN=C(N)CN2c2cccnc2)cc1. The molecule has 130 valence electrons. The third-order valence-electron chi connectivity index (χ3n) is 3.85. The van der Waals surface area contributed by atoms with Gasteiger partial charge in [0.15, 0.2) is 0 Å². The van der Waals surface area contributed by atoms with E-state index < -0.39 is 10.0 Å². The second kappa shape index (κ2) is 6.66. The topological polar surface area (TPSA) is 91.9 Å². The van der Waals surface area contributed by atoms with E-state index in [4.69, 9.17) is 5.73 Å². The van der Waals surface area contributed by atoms with Crippen molar-refractivity contribution in [3.8, 4) is 0 Å². The Labute approximate surface area is 147 Å². The number of hydrogen-bond donors (Lipinski definition) is 1. The number of pyridine rings is 1. The summed E-state index contributed by atoms with van der Waals surface area (Å²) in [6.45, 7) is 0.440. The van der Waals surface area contributed by atoms with Crippen LogP contribution in [0.15, 0.2) is 64.9 Å². The quantitative estimate of drug-likeness (QED) is 0.895. The number of aromatic nitrogens is 1.